The lowest BCUT2D eigenvalue weighted by Gasteiger charge is -2.42. The number of rotatable bonds is 3. The van der Waals surface area contributed by atoms with Crippen molar-refractivity contribution >= 4 is 0 Å². The van der Waals surface area contributed by atoms with Gasteiger partial charge in [0.15, 0.2) is 0 Å². The smallest absolute Gasteiger partial charge is 0.0836 e. The molecule has 2 rings (SSSR count). The standard InChI is InChI=1S/C16H27NO2/c1-12(2)13-5-7-16(11-17,8-6-13)15(18)14-4-3-9-19-10-14/h12-15,18H,3-10H2,1-2H3. The van der Waals surface area contributed by atoms with Crippen LogP contribution in [0.5, 0.6) is 0 Å². The highest BCUT2D eigenvalue weighted by atomic mass is 16.5. The van der Waals surface area contributed by atoms with Gasteiger partial charge in [0, 0.05) is 12.5 Å². The molecule has 0 radical (unpaired) electrons. The Morgan fingerprint density at radius 3 is 2.37 bits per heavy atom. The van der Waals surface area contributed by atoms with E-state index in [0.717, 1.165) is 51.0 Å². The van der Waals surface area contributed by atoms with Crippen LogP contribution < -0.4 is 0 Å². The molecule has 0 aromatic rings. The Labute approximate surface area is 117 Å². The van der Waals surface area contributed by atoms with Crippen LogP contribution in [0.3, 0.4) is 0 Å². The van der Waals surface area contributed by atoms with Crippen LogP contribution in [0.2, 0.25) is 0 Å². The molecule has 1 aliphatic carbocycles. The van der Waals surface area contributed by atoms with Crippen LogP contribution in [0.4, 0.5) is 0 Å². The van der Waals surface area contributed by atoms with Crippen molar-refractivity contribution in [1.29, 1.82) is 5.26 Å². The first-order valence-corrected chi connectivity index (χ1v) is 7.76. The zero-order valence-electron chi connectivity index (χ0n) is 12.3. The van der Waals surface area contributed by atoms with Crippen LogP contribution in [0.15, 0.2) is 0 Å². The minimum absolute atomic E-state index is 0.156. The molecule has 1 aliphatic heterocycles. The van der Waals surface area contributed by atoms with E-state index in [-0.39, 0.29) is 5.92 Å². The zero-order valence-corrected chi connectivity index (χ0v) is 12.3. The van der Waals surface area contributed by atoms with E-state index in [9.17, 15) is 10.4 Å². The molecule has 0 spiro atoms. The first-order valence-electron chi connectivity index (χ1n) is 7.76. The second kappa shape index (κ2) is 6.24. The highest BCUT2D eigenvalue weighted by Gasteiger charge is 2.45. The molecular weight excluding hydrogens is 238 g/mol. The van der Waals surface area contributed by atoms with E-state index in [0.29, 0.717) is 12.5 Å². The zero-order chi connectivity index (χ0) is 13.9. The van der Waals surface area contributed by atoms with Crippen molar-refractivity contribution in [2.75, 3.05) is 13.2 Å². The molecule has 0 amide bonds. The summed E-state index contributed by atoms with van der Waals surface area (Å²) >= 11 is 0. The van der Waals surface area contributed by atoms with E-state index in [4.69, 9.17) is 4.74 Å². The van der Waals surface area contributed by atoms with Crippen LogP contribution in [0.25, 0.3) is 0 Å². The maximum Gasteiger partial charge on any atom is 0.0836 e. The predicted octanol–water partition coefficient (Wildman–Crippen LogP) is 3.13. The molecule has 0 aromatic heterocycles. The topological polar surface area (TPSA) is 53.2 Å². The van der Waals surface area contributed by atoms with Gasteiger partial charge in [-0.3, -0.25) is 0 Å². The van der Waals surface area contributed by atoms with Gasteiger partial charge < -0.3 is 9.84 Å². The van der Waals surface area contributed by atoms with Crippen LogP contribution in [-0.2, 0) is 4.74 Å². The third-order valence-corrected chi connectivity index (χ3v) is 5.30. The van der Waals surface area contributed by atoms with Gasteiger partial charge >= 0.3 is 0 Å². The van der Waals surface area contributed by atoms with E-state index in [2.05, 4.69) is 19.9 Å². The Hall–Kier alpha value is -0.590. The van der Waals surface area contributed by atoms with Crippen LogP contribution >= 0.6 is 0 Å². The number of nitrogens with zero attached hydrogens (tertiary/aromatic N) is 1. The Balaban J connectivity index is 2.01. The Kier molecular flexibility index (Phi) is 4.86. The number of aliphatic hydroxyl groups is 1. The molecule has 0 aromatic carbocycles. The highest BCUT2D eigenvalue weighted by Crippen LogP contribution is 2.46. The van der Waals surface area contributed by atoms with Crippen molar-refractivity contribution in [3.8, 4) is 6.07 Å². The van der Waals surface area contributed by atoms with E-state index in [1.54, 1.807) is 0 Å². The summed E-state index contributed by atoms with van der Waals surface area (Å²) in [7, 11) is 0. The largest absolute Gasteiger partial charge is 0.391 e. The normalized spacial score (nSPS) is 37.8. The molecule has 1 heterocycles. The van der Waals surface area contributed by atoms with Gasteiger partial charge in [-0.15, -0.1) is 0 Å². The van der Waals surface area contributed by atoms with Crippen molar-refractivity contribution < 1.29 is 9.84 Å². The molecule has 1 saturated carbocycles. The highest BCUT2D eigenvalue weighted by molar-refractivity contribution is 5.07. The number of hydrogen-bond acceptors (Lipinski definition) is 3. The number of nitriles is 1. The second-order valence-electron chi connectivity index (χ2n) is 6.77. The van der Waals surface area contributed by atoms with E-state index < -0.39 is 11.5 Å². The predicted molar refractivity (Wildman–Crippen MR) is 74.4 cm³/mol. The Bertz CT molecular complexity index is 320. The van der Waals surface area contributed by atoms with Crippen molar-refractivity contribution in [2.24, 2.45) is 23.2 Å². The number of ether oxygens (including phenoxy) is 1. The lowest BCUT2D eigenvalue weighted by molar-refractivity contribution is -0.0679. The maximum atomic E-state index is 10.7. The van der Waals surface area contributed by atoms with Gasteiger partial charge in [0.2, 0.25) is 0 Å². The van der Waals surface area contributed by atoms with Gasteiger partial charge in [0.05, 0.1) is 24.2 Å². The fourth-order valence-electron chi connectivity index (χ4n) is 3.76. The summed E-state index contributed by atoms with van der Waals surface area (Å²) in [5.41, 5.74) is -0.517. The summed E-state index contributed by atoms with van der Waals surface area (Å²) in [6.45, 7) is 5.95. The minimum Gasteiger partial charge on any atom is -0.391 e. The summed E-state index contributed by atoms with van der Waals surface area (Å²) < 4.78 is 5.47. The lowest BCUT2D eigenvalue weighted by Crippen LogP contribution is -2.45. The molecule has 1 saturated heterocycles. The number of aliphatic hydroxyl groups excluding tert-OH is 1. The average Bonchev–Trinajstić information content (AvgIpc) is 2.47. The van der Waals surface area contributed by atoms with Gasteiger partial charge in [0.25, 0.3) is 0 Å². The fourth-order valence-corrected chi connectivity index (χ4v) is 3.76. The van der Waals surface area contributed by atoms with Gasteiger partial charge in [-0.1, -0.05) is 13.8 Å². The molecule has 1 N–H and O–H groups in total. The van der Waals surface area contributed by atoms with E-state index >= 15 is 0 Å². The summed E-state index contributed by atoms with van der Waals surface area (Å²) in [6, 6.07) is 2.47. The molecule has 2 unspecified atom stereocenters. The van der Waals surface area contributed by atoms with Gasteiger partial charge in [0.1, 0.15) is 0 Å². The SMILES string of the molecule is CC(C)C1CCC(C#N)(C(O)C2CCCOC2)CC1. The maximum absolute atomic E-state index is 10.7. The molecule has 19 heavy (non-hydrogen) atoms. The minimum atomic E-state index is -0.517. The van der Waals surface area contributed by atoms with E-state index in [1.165, 1.54) is 0 Å². The van der Waals surface area contributed by atoms with Crippen molar-refractivity contribution in [1.82, 2.24) is 0 Å². The van der Waals surface area contributed by atoms with Gasteiger partial charge in [-0.2, -0.15) is 5.26 Å². The fraction of sp³-hybridized carbons (Fsp3) is 0.938. The molecule has 3 heteroatoms. The molecule has 3 nitrogen and oxygen atoms in total. The number of hydrogen-bond donors (Lipinski definition) is 1. The van der Waals surface area contributed by atoms with Crippen molar-refractivity contribution in [2.45, 2.75) is 58.5 Å². The van der Waals surface area contributed by atoms with Gasteiger partial charge in [-0.25, -0.2) is 0 Å². The van der Waals surface area contributed by atoms with Crippen LogP contribution in [0, 0.1) is 34.5 Å². The molecule has 2 fully saturated rings. The third kappa shape index (κ3) is 3.12. The van der Waals surface area contributed by atoms with Crippen LogP contribution in [-0.4, -0.2) is 24.4 Å². The molecule has 108 valence electrons. The summed E-state index contributed by atoms with van der Waals surface area (Å²) in [6.07, 6.45) is 5.36. The summed E-state index contributed by atoms with van der Waals surface area (Å²) in [5.74, 6) is 1.56. The average molecular weight is 265 g/mol. The Morgan fingerprint density at radius 1 is 1.21 bits per heavy atom. The lowest BCUT2D eigenvalue weighted by atomic mass is 9.63. The Morgan fingerprint density at radius 2 is 1.89 bits per heavy atom. The van der Waals surface area contributed by atoms with E-state index in [1.807, 2.05) is 0 Å². The summed E-state index contributed by atoms with van der Waals surface area (Å²) in [5, 5.41) is 20.3. The molecule has 0 bridgehead atoms. The third-order valence-electron chi connectivity index (χ3n) is 5.30. The van der Waals surface area contributed by atoms with Crippen molar-refractivity contribution in [3.63, 3.8) is 0 Å². The van der Waals surface area contributed by atoms with Crippen molar-refractivity contribution in [3.05, 3.63) is 0 Å². The first kappa shape index (κ1) is 14.8. The second-order valence-corrected chi connectivity index (χ2v) is 6.77. The molecular formula is C16H27NO2. The summed E-state index contributed by atoms with van der Waals surface area (Å²) in [4.78, 5) is 0. The quantitative estimate of drug-likeness (QED) is 0.853. The molecule has 2 aliphatic rings. The first-order chi connectivity index (χ1) is 9.09. The monoisotopic (exact) mass is 265 g/mol. The van der Waals surface area contributed by atoms with Gasteiger partial charge in [-0.05, 0) is 50.4 Å². The molecule has 2 atom stereocenters. The van der Waals surface area contributed by atoms with Crippen LogP contribution in [0.1, 0.15) is 52.4 Å².